The van der Waals surface area contributed by atoms with E-state index in [2.05, 4.69) is 15.2 Å². The van der Waals surface area contributed by atoms with Gasteiger partial charge in [0, 0.05) is 11.9 Å². The van der Waals surface area contributed by atoms with Crippen LogP contribution in [0.3, 0.4) is 0 Å². The first-order valence-electron chi connectivity index (χ1n) is 9.99. The van der Waals surface area contributed by atoms with Crippen molar-refractivity contribution in [2.24, 2.45) is 5.92 Å². The number of Topliss-reactive ketones (excluding diaryl/α,β-unsaturated/α-hetero) is 1. The molecule has 8 heteroatoms. The van der Waals surface area contributed by atoms with Crippen LogP contribution in [-0.2, 0) is 11.2 Å². The fourth-order valence-electron chi connectivity index (χ4n) is 4.14. The Morgan fingerprint density at radius 3 is 2.79 bits per heavy atom. The van der Waals surface area contributed by atoms with Crippen molar-refractivity contribution in [2.45, 2.75) is 57.9 Å². The summed E-state index contributed by atoms with van der Waals surface area (Å²) in [5.74, 6) is 0.968. The highest BCUT2D eigenvalue weighted by Crippen LogP contribution is 2.31. The lowest BCUT2D eigenvalue weighted by Gasteiger charge is -2.26. The van der Waals surface area contributed by atoms with Gasteiger partial charge in [-0.3, -0.25) is 14.2 Å². The lowest BCUT2D eigenvalue weighted by Crippen LogP contribution is -2.33. The minimum Gasteiger partial charge on any atom is -0.425 e. The number of carbonyl (C=O) groups excluding carboxylic acids is 1. The summed E-state index contributed by atoms with van der Waals surface area (Å²) in [6, 6.07) is 4.40. The highest BCUT2D eigenvalue weighted by molar-refractivity contribution is 6.31. The van der Waals surface area contributed by atoms with E-state index < -0.39 is 6.04 Å². The zero-order valence-electron chi connectivity index (χ0n) is 16.3. The van der Waals surface area contributed by atoms with Crippen LogP contribution < -0.4 is 5.56 Å². The molecule has 1 atom stereocenters. The minimum atomic E-state index is -0.617. The molecule has 0 bridgehead atoms. The number of benzene rings is 1. The number of hydrogen-bond donors (Lipinski definition) is 0. The number of carbonyl (C=O) groups is 1. The molecule has 1 aromatic carbocycles. The largest absolute Gasteiger partial charge is 0.425 e. The van der Waals surface area contributed by atoms with Crippen molar-refractivity contribution in [2.75, 3.05) is 0 Å². The third-order valence-corrected chi connectivity index (χ3v) is 5.86. The van der Waals surface area contributed by atoms with Crippen molar-refractivity contribution in [3.8, 4) is 0 Å². The van der Waals surface area contributed by atoms with Crippen molar-refractivity contribution in [3.63, 3.8) is 0 Å². The molecule has 2 aromatic heterocycles. The third-order valence-electron chi connectivity index (χ3n) is 5.63. The van der Waals surface area contributed by atoms with Crippen molar-refractivity contribution in [1.82, 2.24) is 19.7 Å². The van der Waals surface area contributed by atoms with Crippen molar-refractivity contribution in [1.29, 1.82) is 0 Å². The number of aryl methyl sites for hydroxylation is 1. The number of hydrogen-bond acceptors (Lipinski definition) is 6. The molecular formula is C21H23ClN4O3. The average molecular weight is 415 g/mol. The molecule has 0 saturated heterocycles. The number of fused-ring (bicyclic) bond motifs is 1. The molecular weight excluding hydrogens is 392 g/mol. The number of rotatable bonds is 6. The molecule has 0 amide bonds. The van der Waals surface area contributed by atoms with Gasteiger partial charge >= 0.3 is 0 Å². The smallest absolute Gasteiger partial charge is 0.261 e. The van der Waals surface area contributed by atoms with Gasteiger partial charge in [0.1, 0.15) is 0 Å². The molecule has 0 radical (unpaired) electrons. The molecule has 1 aliphatic rings. The predicted octanol–water partition coefficient (Wildman–Crippen LogP) is 4.06. The zero-order chi connectivity index (χ0) is 20.4. The van der Waals surface area contributed by atoms with Crippen LogP contribution in [0.5, 0.6) is 0 Å². The first-order valence-corrected chi connectivity index (χ1v) is 10.4. The van der Waals surface area contributed by atoms with Gasteiger partial charge in [-0.25, -0.2) is 4.98 Å². The van der Waals surface area contributed by atoms with Gasteiger partial charge in [-0.2, -0.15) is 0 Å². The number of aromatic nitrogens is 4. The number of nitrogens with zero attached hydrogens (tertiary/aromatic N) is 4. The molecule has 152 valence electrons. The van der Waals surface area contributed by atoms with E-state index in [9.17, 15) is 9.59 Å². The Kier molecular flexibility index (Phi) is 5.76. The highest BCUT2D eigenvalue weighted by atomic mass is 35.5. The molecule has 1 saturated carbocycles. The molecule has 0 N–H and O–H groups in total. The molecule has 1 fully saturated rings. The van der Waals surface area contributed by atoms with Crippen LogP contribution in [0.1, 0.15) is 56.3 Å². The molecule has 4 rings (SSSR count). The van der Waals surface area contributed by atoms with E-state index in [1.165, 1.54) is 17.3 Å². The third kappa shape index (κ3) is 4.40. The summed E-state index contributed by atoms with van der Waals surface area (Å²) >= 11 is 6.08. The van der Waals surface area contributed by atoms with Crippen LogP contribution >= 0.6 is 11.6 Å². The normalized spacial score (nSPS) is 16.2. The summed E-state index contributed by atoms with van der Waals surface area (Å²) in [4.78, 5) is 30.8. The Labute approximate surface area is 173 Å². The maximum Gasteiger partial charge on any atom is 0.261 e. The highest BCUT2D eigenvalue weighted by Gasteiger charge is 2.28. The van der Waals surface area contributed by atoms with Crippen LogP contribution in [0.15, 0.2) is 33.7 Å². The monoisotopic (exact) mass is 414 g/mol. The van der Waals surface area contributed by atoms with Crippen LogP contribution in [0.4, 0.5) is 0 Å². The molecule has 7 nitrogen and oxygen atoms in total. The fraction of sp³-hybridized carbons (Fsp3) is 0.476. The fourth-order valence-corrected chi connectivity index (χ4v) is 4.32. The van der Waals surface area contributed by atoms with Gasteiger partial charge in [-0.1, -0.05) is 43.7 Å². The maximum absolute atomic E-state index is 13.2. The van der Waals surface area contributed by atoms with E-state index in [0.717, 1.165) is 25.7 Å². The number of halogens is 1. The summed E-state index contributed by atoms with van der Waals surface area (Å²) in [5.41, 5.74) is 0.306. The van der Waals surface area contributed by atoms with Gasteiger partial charge in [0.15, 0.2) is 5.78 Å². The quantitative estimate of drug-likeness (QED) is 0.604. The van der Waals surface area contributed by atoms with Crippen LogP contribution in [0.25, 0.3) is 10.9 Å². The molecule has 3 aromatic rings. The Balaban J connectivity index is 1.70. The van der Waals surface area contributed by atoms with Crippen molar-refractivity contribution < 1.29 is 9.21 Å². The van der Waals surface area contributed by atoms with Crippen LogP contribution in [-0.4, -0.2) is 25.5 Å². The van der Waals surface area contributed by atoms with Gasteiger partial charge in [-0.15, -0.1) is 10.2 Å². The maximum atomic E-state index is 13.2. The molecule has 29 heavy (non-hydrogen) atoms. The predicted molar refractivity (Wildman–Crippen MR) is 109 cm³/mol. The van der Waals surface area contributed by atoms with Crippen molar-refractivity contribution in [3.05, 3.63) is 51.7 Å². The lowest BCUT2D eigenvalue weighted by atomic mass is 9.83. The Morgan fingerprint density at radius 1 is 1.28 bits per heavy atom. The van der Waals surface area contributed by atoms with Crippen molar-refractivity contribution >= 4 is 28.3 Å². The average Bonchev–Trinajstić information content (AvgIpc) is 3.12. The second-order valence-corrected chi connectivity index (χ2v) is 8.17. The van der Waals surface area contributed by atoms with E-state index in [-0.39, 0.29) is 23.7 Å². The van der Waals surface area contributed by atoms with Gasteiger partial charge in [0.2, 0.25) is 11.8 Å². The zero-order valence-corrected chi connectivity index (χ0v) is 17.1. The van der Waals surface area contributed by atoms with Crippen LogP contribution in [0.2, 0.25) is 5.02 Å². The summed E-state index contributed by atoms with van der Waals surface area (Å²) in [6.07, 6.45) is 7.78. The van der Waals surface area contributed by atoms with Gasteiger partial charge in [0.25, 0.3) is 5.56 Å². The van der Waals surface area contributed by atoms with E-state index in [4.69, 9.17) is 16.0 Å². The van der Waals surface area contributed by atoms with Gasteiger partial charge < -0.3 is 4.42 Å². The standard InChI is InChI=1S/C21H23ClN4O3/c1-13-24-25-20(29-13)11-19(27)18(9-14-5-3-2-4-6-14)26-12-23-17-8-7-15(22)10-16(17)21(26)28/h7-8,10,12,14,18H,2-6,9,11H2,1H3. The Morgan fingerprint density at radius 2 is 2.07 bits per heavy atom. The van der Waals surface area contributed by atoms with Crippen LogP contribution in [0, 0.1) is 12.8 Å². The first kappa shape index (κ1) is 19.8. The van der Waals surface area contributed by atoms with E-state index in [1.54, 1.807) is 25.1 Å². The minimum absolute atomic E-state index is 0.00174. The first-order chi connectivity index (χ1) is 14.0. The molecule has 1 aliphatic carbocycles. The van der Waals surface area contributed by atoms with Gasteiger partial charge in [-0.05, 0) is 30.5 Å². The second-order valence-electron chi connectivity index (χ2n) is 7.73. The van der Waals surface area contributed by atoms with E-state index in [0.29, 0.717) is 34.2 Å². The molecule has 1 unspecified atom stereocenters. The Hall–Kier alpha value is -2.54. The summed E-state index contributed by atoms with van der Waals surface area (Å²) in [7, 11) is 0. The lowest BCUT2D eigenvalue weighted by molar-refractivity contribution is -0.122. The van der Waals surface area contributed by atoms with Gasteiger partial charge in [0.05, 0.1) is 29.7 Å². The topological polar surface area (TPSA) is 90.9 Å². The second kappa shape index (κ2) is 8.45. The Bertz CT molecular complexity index is 1080. The SMILES string of the molecule is Cc1nnc(CC(=O)C(CC2CCCCC2)n2cnc3ccc(Cl)cc3c2=O)o1. The number of ketones is 1. The molecule has 2 heterocycles. The summed E-state index contributed by atoms with van der Waals surface area (Å²) in [6.45, 7) is 1.68. The molecule has 0 aliphatic heterocycles. The summed E-state index contributed by atoms with van der Waals surface area (Å²) < 4.78 is 6.84. The summed E-state index contributed by atoms with van der Waals surface area (Å²) in [5, 5.41) is 8.60. The van der Waals surface area contributed by atoms with E-state index >= 15 is 0 Å². The van der Waals surface area contributed by atoms with E-state index in [1.807, 2.05) is 0 Å². The molecule has 0 spiro atoms.